The Morgan fingerprint density at radius 2 is 1.70 bits per heavy atom. The van der Waals surface area contributed by atoms with E-state index in [2.05, 4.69) is 44.0 Å². The maximum absolute atomic E-state index is 13.4. The predicted octanol–water partition coefficient (Wildman–Crippen LogP) is 2.65. The molecule has 1 aromatic carbocycles. The normalized spacial score (nSPS) is 21.8. The number of ether oxygens (including phenoxy) is 1. The largest absolute Gasteiger partial charge is 0.477 e. The third-order valence-corrected chi connectivity index (χ3v) is 10.3. The molecule has 1 amide bonds. The van der Waals surface area contributed by atoms with E-state index in [0.29, 0.717) is 48.8 Å². The van der Waals surface area contributed by atoms with E-state index < -0.39 is 10.0 Å². The molecule has 3 aliphatic heterocycles. The van der Waals surface area contributed by atoms with Gasteiger partial charge >= 0.3 is 0 Å². The number of carbonyl (C=O) groups excluding carboxylic acids is 1. The molecule has 1 unspecified atom stereocenters. The molecule has 3 saturated heterocycles. The molecule has 11 heteroatoms. The van der Waals surface area contributed by atoms with E-state index in [0.717, 1.165) is 58.3 Å². The lowest BCUT2D eigenvalue weighted by atomic mass is 9.97. The lowest BCUT2D eigenvalue weighted by molar-refractivity contribution is 0.0542. The van der Waals surface area contributed by atoms with Gasteiger partial charge in [0.15, 0.2) is 0 Å². The van der Waals surface area contributed by atoms with E-state index in [1.54, 1.807) is 7.05 Å². The van der Waals surface area contributed by atoms with E-state index in [1.807, 2.05) is 17.9 Å². The smallest absolute Gasteiger partial charge is 0.272 e. The Bertz CT molecular complexity index is 1260. The Hall–Kier alpha value is -2.76. The van der Waals surface area contributed by atoms with E-state index in [-0.39, 0.29) is 11.9 Å². The lowest BCUT2D eigenvalue weighted by Crippen LogP contribution is -2.52. The van der Waals surface area contributed by atoms with Crippen molar-refractivity contribution in [3.05, 3.63) is 47.9 Å². The highest BCUT2D eigenvalue weighted by atomic mass is 32.2. The maximum Gasteiger partial charge on any atom is 0.272 e. The van der Waals surface area contributed by atoms with Gasteiger partial charge in [-0.25, -0.2) is 22.7 Å². The first kappa shape index (κ1) is 28.8. The fourth-order valence-electron chi connectivity index (χ4n) is 6.30. The van der Waals surface area contributed by atoms with Gasteiger partial charge in [-0.3, -0.25) is 4.79 Å². The number of hydrogen-bond acceptors (Lipinski definition) is 8. The minimum Gasteiger partial charge on any atom is -0.477 e. The van der Waals surface area contributed by atoms with Crippen LogP contribution < -0.4 is 9.64 Å². The number of likely N-dealkylation sites (tertiary alicyclic amines) is 2. The van der Waals surface area contributed by atoms with Gasteiger partial charge in [-0.2, -0.15) is 0 Å². The molecular weight excluding hydrogens is 528 g/mol. The summed E-state index contributed by atoms with van der Waals surface area (Å²) < 4.78 is 31.4. The van der Waals surface area contributed by atoms with Gasteiger partial charge in [0.2, 0.25) is 15.9 Å². The highest BCUT2D eigenvalue weighted by Gasteiger charge is 2.33. The summed E-state index contributed by atoms with van der Waals surface area (Å²) in [6.45, 7) is 7.54. The summed E-state index contributed by atoms with van der Waals surface area (Å²) in [5, 5.41) is 0. The molecule has 2 aromatic rings. The van der Waals surface area contributed by atoms with Gasteiger partial charge in [0.25, 0.3) is 5.91 Å². The number of nitrogens with zero attached hydrogens (tertiary/aromatic N) is 6. The minimum atomic E-state index is -3.17. The number of aromatic nitrogens is 2. The minimum absolute atomic E-state index is 0.0622. The fraction of sp³-hybridized carbons (Fsp3) is 0.621. The van der Waals surface area contributed by atoms with Crippen molar-refractivity contribution in [2.45, 2.75) is 51.1 Å². The summed E-state index contributed by atoms with van der Waals surface area (Å²) in [5.74, 6) is 0.839. The highest BCUT2D eigenvalue weighted by molar-refractivity contribution is 7.88. The topological polar surface area (TPSA) is 99.2 Å². The zero-order chi connectivity index (χ0) is 28.3. The van der Waals surface area contributed by atoms with E-state index in [4.69, 9.17) is 4.74 Å². The molecule has 3 aliphatic rings. The average Bonchev–Trinajstić information content (AvgIpc) is 3.45. The van der Waals surface area contributed by atoms with Crippen LogP contribution in [0.1, 0.15) is 48.2 Å². The molecule has 0 saturated carbocycles. The number of piperidine rings is 2. The van der Waals surface area contributed by atoms with Crippen molar-refractivity contribution in [3.63, 3.8) is 0 Å². The third kappa shape index (κ3) is 6.58. The molecule has 0 N–H and O–H groups in total. The molecule has 218 valence electrons. The van der Waals surface area contributed by atoms with Crippen LogP contribution in [0.3, 0.4) is 0 Å². The molecule has 1 atom stereocenters. The molecule has 4 heterocycles. The van der Waals surface area contributed by atoms with Crippen molar-refractivity contribution >= 4 is 21.6 Å². The third-order valence-electron chi connectivity index (χ3n) is 8.91. The Balaban J connectivity index is 1.10. The number of sulfonamides is 1. The lowest BCUT2D eigenvalue weighted by Gasteiger charge is -2.43. The average molecular weight is 571 g/mol. The number of carbonyl (C=O) groups is 1. The van der Waals surface area contributed by atoms with Crippen LogP contribution in [-0.4, -0.2) is 110 Å². The highest BCUT2D eigenvalue weighted by Crippen LogP contribution is 2.27. The summed E-state index contributed by atoms with van der Waals surface area (Å²) in [6.07, 6.45) is 7.27. The van der Waals surface area contributed by atoms with Crippen LogP contribution in [-0.2, 0) is 10.0 Å². The molecular formula is C29H42N6O4S. The second kappa shape index (κ2) is 12.4. The number of para-hydroxylation sites is 1. The monoisotopic (exact) mass is 570 g/mol. The second-order valence-electron chi connectivity index (χ2n) is 11.5. The van der Waals surface area contributed by atoms with Gasteiger partial charge in [0.1, 0.15) is 12.0 Å². The molecule has 1 aromatic heterocycles. The van der Waals surface area contributed by atoms with E-state index in [1.165, 1.54) is 22.6 Å². The van der Waals surface area contributed by atoms with Crippen LogP contribution in [0, 0.1) is 12.8 Å². The van der Waals surface area contributed by atoms with Crippen molar-refractivity contribution in [1.29, 1.82) is 0 Å². The van der Waals surface area contributed by atoms with Crippen molar-refractivity contribution in [1.82, 2.24) is 24.1 Å². The Morgan fingerprint density at radius 3 is 2.38 bits per heavy atom. The first-order chi connectivity index (χ1) is 19.2. The zero-order valence-electron chi connectivity index (χ0n) is 23.9. The Labute approximate surface area is 238 Å². The SMILES string of the molecule is Cc1c(OCC2CCN(c3ccccc3)C2)ncnc1C(=O)N1CCC(N2CCC(N(C)S(C)(=O)=O)CC2)CC1. The van der Waals surface area contributed by atoms with Crippen LogP contribution in [0.5, 0.6) is 5.88 Å². The first-order valence-electron chi connectivity index (χ1n) is 14.4. The van der Waals surface area contributed by atoms with Crippen LogP contribution in [0.2, 0.25) is 0 Å². The zero-order valence-corrected chi connectivity index (χ0v) is 24.7. The second-order valence-corrected chi connectivity index (χ2v) is 13.5. The van der Waals surface area contributed by atoms with Crippen molar-refractivity contribution < 1.29 is 17.9 Å². The first-order valence-corrected chi connectivity index (χ1v) is 16.3. The fourth-order valence-corrected chi connectivity index (χ4v) is 7.06. The molecule has 3 fully saturated rings. The Kier molecular flexibility index (Phi) is 8.92. The van der Waals surface area contributed by atoms with Gasteiger partial charge in [-0.05, 0) is 64.3 Å². The van der Waals surface area contributed by atoms with E-state index in [9.17, 15) is 13.2 Å². The summed E-state index contributed by atoms with van der Waals surface area (Å²) in [6, 6.07) is 10.9. The summed E-state index contributed by atoms with van der Waals surface area (Å²) >= 11 is 0. The van der Waals surface area contributed by atoms with Crippen molar-refractivity contribution in [2.75, 3.05) is 64.1 Å². The molecule has 10 nitrogen and oxygen atoms in total. The summed E-state index contributed by atoms with van der Waals surface area (Å²) in [4.78, 5) is 28.9. The van der Waals surface area contributed by atoms with E-state index >= 15 is 0 Å². The van der Waals surface area contributed by atoms with Crippen LogP contribution in [0.25, 0.3) is 0 Å². The van der Waals surface area contributed by atoms with Gasteiger partial charge < -0.3 is 19.4 Å². The number of anilines is 1. The molecule has 5 rings (SSSR count). The molecule has 0 radical (unpaired) electrons. The maximum atomic E-state index is 13.4. The van der Waals surface area contributed by atoms with Crippen molar-refractivity contribution in [3.8, 4) is 5.88 Å². The van der Waals surface area contributed by atoms with Gasteiger partial charge in [0, 0.05) is 62.5 Å². The number of hydrogen-bond donors (Lipinski definition) is 0. The van der Waals surface area contributed by atoms with Gasteiger partial charge in [0.05, 0.1) is 12.9 Å². The summed E-state index contributed by atoms with van der Waals surface area (Å²) in [5.41, 5.74) is 2.36. The molecule has 0 aliphatic carbocycles. The van der Waals surface area contributed by atoms with Crippen molar-refractivity contribution in [2.24, 2.45) is 5.92 Å². The quantitative estimate of drug-likeness (QED) is 0.478. The Morgan fingerprint density at radius 1 is 1.00 bits per heavy atom. The molecule has 40 heavy (non-hydrogen) atoms. The van der Waals surface area contributed by atoms with Crippen LogP contribution in [0.4, 0.5) is 5.69 Å². The predicted molar refractivity (Wildman–Crippen MR) is 155 cm³/mol. The van der Waals surface area contributed by atoms with Gasteiger partial charge in [-0.15, -0.1) is 0 Å². The van der Waals surface area contributed by atoms with Gasteiger partial charge in [-0.1, -0.05) is 18.2 Å². The standard InChI is InChI=1S/C29H42N6O4S/c1-22-27(30-21-31-28(22)39-20-23-9-14-35(19-23)25-7-5-4-6-8-25)29(36)34-17-12-26(13-18-34)33-15-10-24(11-16-33)32(2)40(3,37)38/h4-8,21,23-24,26H,9-20H2,1-3H3. The number of rotatable bonds is 8. The number of benzene rings is 1. The van der Waals surface area contributed by atoms with Crippen LogP contribution >= 0.6 is 0 Å². The van der Waals surface area contributed by atoms with Crippen LogP contribution in [0.15, 0.2) is 36.7 Å². The molecule has 0 bridgehead atoms. The number of amides is 1. The summed E-state index contributed by atoms with van der Waals surface area (Å²) in [7, 11) is -1.49. The molecule has 0 spiro atoms.